The van der Waals surface area contributed by atoms with Crippen LogP contribution < -0.4 is 5.32 Å². The summed E-state index contributed by atoms with van der Waals surface area (Å²) in [6.45, 7) is 0. The monoisotopic (exact) mass is 316 g/mol. The van der Waals surface area contributed by atoms with E-state index in [1.807, 2.05) is 0 Å². The van der Waals surface area contributed by atoms with Crippen molar-refractivity contribution in [1.82, 2.24) is 0 Å². The smallest absolute Gasteiger partial charge is 0.270 e. The van der Waals surface area contributed by atoms with Crippen molar-refractivity contribution in [3.05, 3.63) is 69.4 Å². The van der Waals surface area contributed by atoms with E-state index < -0.39 is 10.8 Å². The van der Waals surface area contributed by atoms with Crippen LogP contribution in [0.1, 0.15) is 10.4 Å². The second-order valence-electron chi connectivity index (χ2n) is 4.52. The molecule has 3 rings (SSSR count). The van der Waals surface area contributed by atoms with Crippen LogP contribution in [0.15, 0.2) is 53.1 Å². The lowest BCUT2D eigenvalue weighted by molar-refractivity contribution is -0.384. The van der Waals surface area contributed by atoms with Crippen molar-refractivity contribution in [2.75, 3.05) is 5.32 Å². The summed E-state index contributed by atoms with van der Waals surface area (Å²) < 4.78 is 5.26. The van der Waals surface area contributed by atoms with E-state index in [2.05, 4.69) is 5.32 Å². The number of amides is 1. The Labute approximate surface area is 129 Å². The Morgan fingerprint density at radius 3 is 2.73 bits per heavy atom. The van der Waals surface area contributed by atoms with Crippen LogP contribution in [0.5, 0.6) is 0 Å². The molecule has 22 heavy (non-hydrogen) atoms. The van der Waals surface area contributed by atoms with Gasteiger partial charge in [0.15, 0.2) is 0 Å². The van der Waals surface area contributed by atoms with Crippen LogP contribution in [0.25, 0.3) is 11.0 Å². The van der Waals surface area contributed by atoms with Crippen LogP contribution >= 0.6 is 11.6 Å². The third-order valence-corrected chi connectivity index (χ3v) is 3.46. The molecule has 2 aromatic carbocycles. The fourth-order valence-electron chi connectivity index (χ4n) is 2.06. The van der Waals surface area contributed by atoms with Gasteiger partial charge in [0.2, 0.25) is 0 Å². The van der Waals surface area contributed by atoms with Crippen LogP contribution in [0.3, 0.4) is 0 Å². The highest BCUT2D eigenvalue weighted by Crippen LogP contribution is 2.27. The van der Waals surface area contributed by atoms with Gasteiger partial charge >= 0.3 is 0 Å². The molecule has 7 heteroatoms. The zero-order valence-electron chi connectivity index (χ0n) is 11.1. The Morgan fingerprint density at radius 2 is 2.00 bits per heavy atom. The average molecular weight is 317 g/mol. The van der Waals surface area contributed by atoms with Gasteiger partial charge in [-0.05, 0) is 18.2 Å². The van der Waals surface area contributed by atoms with Crippen LogP contribution in [0.2, 0.25) is 5.02 Å². The number of nitrogens with zero attached hydrogens (tertiary/aromatic N) is 1. The van der Waals surface area contributed by atoms with Crippen molar-refractivity contribution in [3.63, 3.8) is 0 Å². The number of nitro groups is 1. The number of carbonyl (C=O) groups is 1. The fourth-order valence-corrected chi connectivity index (χ4v) is 2.24. The van der Waals surface area contributed by atoms with E-state index in [-0.39, 0.29) is 11.3 Å². The number of furan rings is 1. The molecule has 0 saturated heterocycles. The van der Waals surface area contributed by atoms with E-state index in [0.29, 0.717) is 21.7 Å². The Morgan fingerprint density at radius 1 is 1.23 bits per heavy atom. The maximum Gasteiger partial charge on any atom is 0.270 e. The molecular formula is C15H9ClN2O4. The van der Waals surface area contributed by atoms with Gasteiger partial charge in [0.05, 0.1) is 21.2 Å². The minimum absolute atomic E-state index is 0.110. The van der Waals surface area contributed by atoms with Gasteiger partial charge in [-0.1, -0.05) is 23.7 Å². The lowest BCUT2D eigenvalue weighted by atomic mass is 10.1. The average Bonchev–Trinajstić information content (AvgIpc) is 2.92. The van der Waals surface area contributed by atoms with E-state index >= 15 is 0 Å². The lowest BCUT2D eigenvalue weighted by Gasteiger charge is -2.05. The number of hydrogen-bond donors (Lipinski definition) is 1. The summed E-state index contributed by atoms with van der Waals surface area (Å²) in [6.07, 6.45) is 1.26. The van der Waals surface area contributed by atoms with Crippen LogP contribution in [0.4, 0.5) is 11.4 Å². The SMILES string of the molecule is O=C(Nc1ccccc1Cl)c1coc2ccc([N+](=O)[O-])cc12. The number of nitro benzene ring substituents is 1. The molecule has 0 bridgehead atoms. The first kappa shape index (κ1) is 14.1. The molecule has 3 aromatic rings. The predicted molar refractivity (Wildman–Crippen MR) is 82.3 cm³/mol. The van der Waals surface area contributed by atoms with Crippen molar-refractivity contribution in [2.24, 2.45) is 0 Å². The summed E-state index contributed by atoms with van der Waals surface area (Å²) in [7, 11) is 0. The first-order valence-electron chi connectivity index (χ1n) is 6.28. The Bertz CT molecular complexity index is 888. The highest BCUT2D eigenvalue weighted by Gasteiger charge is 2.17. The number of non-ortho nitro benzene ring substituents is 1. The molecule has 0 aliphatic rings. The van der Waals surface area contributed by atoms with Gasteiger partial charge in [-0.15, -0.1) is 0 Å². The number of carbonyl (C=O) groups excluding carboxylic acids is 1. The normalized spacial score (nSPS) is 10.6. The van der Waals surface area contributed by atoms with Gasteiger partial charge in [-0.3, -0.25) is 14.9 Å². The molecule has 0 fully saturated rings. The highest BCUT2D eigenvalue weighted by molar-refractivity contribution is 6.34. The minimum atomic E-state index is -0.526. The first-order valence-corrected chi connectivity index (χ1v) is 6.65. The zero-order valence-corrected chi connectivity index (χ0v) is 11.8. The molecule has 1 heterocycles. The van der Waals surface area contributed by atoms with Gasteiger partial charge in [-0.2, -0.15) is 0 Å². The van der Waals surface area contributed by atoms with Gasteiger partial charge in [0.25, 0.3) is 11.6 Å². The van der Waals surface area contributed by atoms with E-state index in [0.717, 1.165) is 0 Å². The lowest BCUT2D eigenvalue weighted by Crippen LogP contribution is -2.11. The molecule has 0 radical (unpaired) electrons. The van der Waals surface area contributed by atoms with E-state index in [9.17, 15) is 14.9 Å². The summed E-state index contributed by atoms with van der Waals surface area (Å²) in [5.74, 6) is -0.452. The third-order valence-electron chi connectivity index (χ3n) is 3.13. The Hall–Kier alpha value is -2.86. The van der Waals surface area contributed by atoms with Crippen molar-refractivity contribution in [3.8, 4) is 0 Å². The van der Waals surface area contributed by atoms with Gasteiger partial charge in [-0.25, -0.2) is 0 Å². The summed E-state index contributed by atoms with van der Waals surface area (Å²) in [5, 5.41) is 14.3. The van der Waals surface area contributed by atoms with Crippen LogP contribution in [-0.4, -0.2) is 10.8 Å². The predicted octanol–water partition coefficient (Wildman–Crippen LogP) is 4.25. The molecule has 1 amide bonds. The molecule has 1 N–H and O–H groups in total. The molecular weight excluding hydrogens is 308 g/mol. The highest BCUT2D eigenvalue weighted by atomic mass is 35.5. The van der Waals surface area contributed by atoms with Crippen molar-refractivity contribution < 1.29 is 14.1 Å². The number of halogens is 1. The number of para-hydroxylation sites is 1. The number of benzene rings is 2. The number of rotatable bonds is 3. The molecule has 1 aromatic heterocycles. The van der Waals surface area contributed by atoms with Gasteiger partial charge < -0.3 is 9.73 Å². The largest absolute Gasteiger partial charge is 0.463 e. The van der Waals surface area contributed by atoms with Crippen molar-refractivity contribution in [2.45, 2.75) is 0 Å². The standard InChI is InChI=1S/C15H9ClN2O4/c16-12-3-1-2-4-13(12)17-15(19)11-8-22-14-6-5-9(18(20)21)7-10(11)14/h1-8H,(H,17,19). The summed E-state index contributed by atoms with van der Waals surface area (Å²) in [6, 6.07) is 10.9. The van der Waals surface area contributed by atoms with Gasteiger partial charge in [0.1, 0.15) is 11.8 Å². The van der Waals surface area contributed by atoms with Crippen molar-refractivity contribution in [1.29, 1.82) is 0 Å². The van der Waals surface area contributed by atoms with Gasteiger partial charge in [0, 0.05) is 17.5 Å². The number of anilines is 1. The molecule has 0 spiro atoms. The number of fused-ring (bicyclic) bond motifs is 1. The zero-order chi connectivity index (χ0) is 15.7. The molecule has 110 valence electrons. The molecule has 0 unspecified atom stereocenters. The van der Waals surface area contributed by atoms with Crippen molar-refractivity contribution >= 4 is 39.9 Å². The summed E-state index contributed by atoms with van der Waals surface area (Å²) in [5.41, 5.74) is 0.947. The topological polar surface area (TPSA) is 85.4 Å². The molecule has 6 nitrogen and oxygen atoms in total. The molecule has 0 aliphatic carbocycles. The Kier molecular flexibility index (Phi) is 3.52. The molecule has 0 aliphatic heterocycles. The van der Waals surface area contributed by atoms with Crippen LogP contribution in [-0.2, 0) is 0 Å². The van der Waals surface area contributed by atoms with E-state index in [1.54, 1.807) is 24.3 Å². The maximum atomic E-state index is 12.3. The summed E-state index contributed by atoms with van der Waals surface area (Å²) in [4.78, 5) is 22.6. The maximum absolute atomic E-state index is 12.3. The number of nitrogens with one attached hydrogen (secondary N) is 1. The third kappa shape index (κ3) is 2.51. The molecule has 0 atom stereocenters. The number of hydrogen-bond acceptors (Lipinski definition) is 4. The van der Waals surface area contributed by atoms with E-state index in [4.69, 9.17) is 16.0 Å². The second kappa shape index (κ2) is 5.50. The summed E-state index contributed by atoms with van der Waals surface area (Å²) >= 11 is 5.99. The molecule has 0 saturated carbocycles. The quantitative estimate of drug-likeness (QED) is 0.578. The Balaban J connectivity index is 1.99. The minimum Gasteiger partial charge on any atom is -0.463 e. The second-order valence-corrected chi connectivity index (χ2v) is 4.93. The van der Waals surface area contributed by atoms with Crippen LogP contribution in [0, 0.1) is 10.1 Å². The first-order chi connectivity index (χ1) is 10.6. The van der Waals surface area contributed by atoms with E-state index in [1.165, 1.54) is 24.5 Å². The fraction of sp³-hybridized carbons (Fsp3) is 0.